The number of carbonyl (C=O) groups is 3. The highest BCUT2D eigenvalue weighted by Crippen LogP contribution is 2.24. The number of unbranched alkanes of at least 4 members (excludes halogenated alkanes) is 1. The van der Waals surface area contributed by atoms with Gasteiger partial charge in [0, 0.05) is 11.3 Å². The van der Waals surface area contributed by atoms with Gasteiger partial charge in [0.25, 0.3) is 0 Å². The van der Waals surface area contributed by atoms with E-state index in [0.29, 0.717) is 22.7 Å². The highest BCUT2D eigenvalue weighted by Gasteiger charge is 2.35. The average molecular weight is 377 g/mol. The molecule has 1 aromatic carbocycles. The van der Waals surface area contributed by atoms with Crippen molar-refractivity contribution in [2.75, 3.05) is 12.3 Å². The quantitative estimate of drug-likeness (QED) is 0.191. The van der Waals surface area contributed by atoms with Crippen molar-refractivity contribution in [1.29, 1.82) is 0 Å². The number of ketones is 1. The van der Waals surface area contributed by atoms with Crippen molar-refractivity contribution in [2.24, 2.45) is 11.3 Å². The fraction of sp³-hybridized carbons (Fsp3) is 0.550. The highest BCUT2D eigenvalue weighted by molar-refractivity contribution is 6.02. The van der Waals surface area contributed by atoms with Gasteiger partial charge in [0.05, 0.1) is 18.5 Å². The van der Waals surface area contributed by atoms with E-state index in [9.17, 15) is 19.6 Å². The molecule has 4 N–H and O–H groups in total. The second-order valence-corrected chi connectivity index (χ2v) is 7.86. The molecule has 1 aromatic rings. The first-order valence-corrected chi connectivity index (χ1v) is 9.21. The maximum absolute atomic E-state index is 13.0. The molecule has 27 heavy (non-hydrogen) atoms. The number of hydrogen-bond acceptors (Lipinski definition) is 5. The van der Waals surface area contributed by atoms with Crippen LogP contribution >= 0.6 is 0 Å². The number of nitrogens with zero attached hydrogens (tertiary/aromatic N) is 1. The van der Waals surface area contributed by atoms with E-state index >= 15 is 0 Å². The summed E-state index contributed by atoms with van der Waals surface area (Å²) in [6, 6.07) is 5.82. The maximum Gasteiger partial charge on any atom is 0.233 e. The number of nitrogens with two attached hydrogens (primary N) is 1. The first kappa shape index (κ1) is 22.6. The minimum atomic E-state index is -0.749. The summed E-state index contributed by atoms with van der Waals surface area (Å²) in [5.41, 5.74) is 6.18. The van der Waals surface area contributed by atoms with Crippen LogP contribution in [0.5, 0.6) is 0 Å². The Morgan fingerprint density at radius 1 is 1.26 bits per heavy atom. The summed E-state index contributed by atoms with van der Waals surface area (Å²) in [4.78, 5) is 36.5. The molecule has 0 bridgehead atoms. The van der Waals surface area contributed by atoms with Gasteiger partial charge >= 0.3 is 0 Å². The molecular formula is C20H31N3O4. The van der Waals surface area contributed by atoms with Gasteiger partial charge in [-0.2, -0.15) is 0 Å². The van der Waals surface area contributed by atoms with Crippen molar-refractivity contribution >= 4 is 23.8 Å². The summed E-state index contributed by atoms with van der Waals surface area (Å²) in [6.07, 6.45) is 2.44. The Bertz CT molecular complexity index is 638. The van der Waals surface area contributed by atoms with Gasteiger partial charge in [-0.3, -0.25) is 19.6 Å². The van der Waals surface area contributed by atoms with Crippen molar-refractivity contribution in [3.63, 3.8) is 0 Å². The van der Waals surface area contributed by atoms with Crippen LogP contribution in [0.4, 0.5) is 5.69 Å². The third-order valence-electron chi connectivity index (χ3n) is 4.42. The van der Waals surface area contributed by atoms with Crippen LogP contribution < -0.4 is 11.1 Å². The van der Waals surface area contributed by atoms with Crippen molar-refractivity contribution < 1.29 is 19.6 Å². The second-order valence-electron chi connectivity index (χ2n) is 7.86. The summed E-state index contributed by atoms with van der Waals surface area (Å²) in [5.74, 6) is -1.15. The number of amides is 2. The lowest BCUT2D eigenvalue weighted by Crippen LogP contribution is -2.52. The molecule has 7 heteroatoms. The molecule has 1 rings (SSSR count). The lowest BCUT2D eigenvalue weighted by molar-refractivity contribution is -0.154. The van der Waals surface area contributed by atoms with Crippen LogP contribution in [0.15, 0.2) is 24.3 Å². The zero-order valence-corrected chi connectivity index (χ0v) is 16.6. The lowest BCUT2D eigenvalue weighted by atomic mass is 9.81. The van der Waals surface area contributed by atoms with Gasteiger partial charge in [-0.25, -0.2) is 5.06 Å². The van der Waals surface area contributed by atoms with Gasteiger partial charge < -0.3 is 11.1 Å². The van der Waals surface area contributed by atoms with E-state index in [1.54, 1.807) is 24.3 Å². The third kappa shape index (κ3) is 7.02. The van der Waals surface area contributed by atoms with E-state index in [1.807, 2.05) is 27.7 Å². The molecule has 0 radical (unpaired) electrons. The molecular weight excluding hydrogens is 346 g/mol. The fourth-order valence-electron chi connectivity index (χ4n) is 2.77. The van der Waals surface area contributed by atoms with Crippen LogP contribution in [0, 0.1) is 11.3 Å². The number of nitrogens with one attached hydrogen (secondary N) is 1. The molecule has 7 nitrogen and oxygen atoms in total. The topological polar surface area (TPSA) is 113 Å². The molecule has 0 aromatic heterocycles. The fourth-order valence-corrected chi connectivity index (χ4v) is 2.77. The second kappa shape index (κ2) is 10.1. The van der Waals surface area contributed by atoms with E-state index in [2.05, 4.69) is 5.32 Å². The van der Waals surface area contributed by atoms with Gasteiger partial charge in [0.2, 0.25) is 12.3 Å². The number of hydroxylamine groups is 2. The highest BCUT2D eigenvalue weighted by atomic mass is 16.5. The van der Waals surface area contributed by atoms with Crippen LogP contribution in [0.25, 0.3) is 0 Å². The molecule has 0 fully saturated rings. The standard InChI is InChI=1S/C20H31N3O4/c1-5-6-7-15(12-23(27)13-24)19(26)22-18(20(2,3)4)17(25)14-8-10-16(21)11-9-14/h8-11,13,15,18,27H,5-7,12,21H2,1-4H3,(H,22,26)/t15-,18-/m1/s1. The monoisotopic (exact) mass is 377 g/mol. The van der Waals surface area contributed by atoms with Gasteiger partial charge in [-0.05, 0) is 36.1 Å². The summed E-state index contributed by atoms with van der Waals surface area (Å²) in [5, 5.41) is 12.8. The summed E-state index contributed by atoms with van der Waals surface area (Å²) < 4.78 is 0. The predicted octanol–water partition coefficient (Wildman–Crippen LogP) is 2.64. The van der Waals surface area contributed by atoms with Crippen LogP contribution in [-0.2, 0) is 9.59 Å². The first-order chi connectivity index (χ1) is 12.6. The van der Waals surface area contributed by atoms with E-state index < -0.39 is 17.4 Å². The summed E-state index contributed by atoms with van der Waals surface area (Å²) in [6.45, 7) is 7.50. The smallest absolute Gasteiger partial charge is 0.233 e. The maximum atomic E-state index is 13.0. The molecule has 0 spiro atoms. The third-order valence-corrected chi connectivity index (χ3v) is 4.42. The number of Topliss-reactive ketones (excluding diaryl/α,β-unsaturated/α-hetero) is 1. The minimum absolute atomic E-state index is 0.109. The Balaban J connectivity index is 3.02. The molecule has 150 valence electrons. The van der Waals surface area contributed by atoms with Gasteiger partial charge in [0.15, 0.2) is 5.78 Å². The molecule has 0 unspecified atom stereocenters. The first-order valence-electron chi connectivity index (χ1n) is 9.21. The molecule has 0 saturated heterocycles. The Hall–Kier alpha value is -2.41. The number of anilines is 1. The zero-order chi connectivity index (χ0) is 20.6. The van der Waals surface area contributed by atoms with Crippen molar-refractivity contribution in [1.82, 2.24) is 10.4 Å². The SMILES string of the molecule is CCCC[C@H](CN(O)C=O)C(=O)N[C@H](C(=O)c1ccc(N)cc1)C(C)(C)C. The normalized spacial score (nSPS) is 13.5. The van der Waals surface area contributed by atoms with Gasteiger partial charge in [-0.1, -0.05) is 40.5 Å². The molecule has 2 amide bonds. The largest absolute Gasteiger partial charge is 0.399 e. The number of benzene rings is 1. The summed E-state index contributed by atoms with van der Waals surface area (Å²) >= 11 is 0. The summed E-state index contributed by atoms with van der Waals surface area (Å²) in [7, 11) is 0. The van der Waals surface area contributed by atoms with E-state index in [-0.39, 0.29) is 24.6 Å². The van der Waals surface area contributed by atoms with Crippen molar-refractivity contribution in [3.8, 4) is 0 Å². The molecule has 0 aliphatic heterocycles. The molecule has 0 aliphatic carbocycles. The van der Waals surface area contributed by atoms with Crippen LogP contribution in [0.3, 0.4) is 0 Å². The zero-order valence-electron chi connectivity index (χ0n) is 16.6. The number of rotatable bonds is 10. The van der Waals surface area contributed by atoms with Crippen LogP contribution in [0.1, 0.15) is 57.3 Å². The average Bonchev–Trinajstić information content (AvgIpc) is 2.61. The lowest BCUT2D eigenvalue weighted by Gasteiger charge is -2.32. The molecule has 2 atom stereocenters. The van der Waals surface area contributed by atoms with E-state index in [4.69, 9.17) is 5.73 Å². The van der Waals surface area contributed by atoms with Crippen LogP contribution in [-0.4, -0.2) is 41.0 Å². The molecule has 0 aliphatic rings. The Labute approximate surface area is 160 Å². The van der Waals surface area contributed by atoms with E-state index in [1.165, 1.54) is 0 Å². The van der Waals surface area contributed by atoms with E-state index in [0.717, 1.165) is 12.8 Å². The van der Waals surface area contributed by atoms with Crippen LogP contribution in [0.2, 0.25) is 0 Å². The van der Waals surface area contributed by atoms with Crippen molar-refractivity contribution in [3.05, 3.63) is 29.8 Å². The van der Waals surface area contributed by atoms with Crippen molar-refractivity contribution in [2.45, 2.75) is 53.0 Å². The molecule has 0 saturated carbocycles. The Morgan fingerprint density at radius 2 is 1.85 bits per heavy atom. The van der Waals surface area contributed by atoms with Gasteiger partial charge in [-0.15, -0.1) is 0 Å². The Kier molecular flexibility index (Phi) is 8.43. The molecule has 0 heterocycles. The van der Waals surface area contributed by atoms with Gasteiger partial charge in [0.1, 0.15) is 0 Å². The predicted molar refractivity (Wildman–Crippen MR) is 104 cm³/mol. The minimum Gasteiger partial charge on any atom is -0.399 e. The number of carbonyl (C=O) groups excluding carboxylic acids is 3. The number of nitrogen functional groups attached to an aromatic ring is 1. The Morgan fingerprint density at radius 3 is 2.33 bits per heavy atom. The number of hydrogen-bond donors (Lipinski definition) is 3.